The number of rotatable bonds is 4. The van der Waals surface area contributed by atoms with Crippen molar-refractivity contribution >= 4 is 0 Å². The van der Waals surface area contributed by atoms with Crippen molar-refractivity contribution in [3.8, 4) is 17.7 Å². The van der Waals surface area contributed by atoms with Gasteiger partial charge in [0, 0.05) is 12.1 Å². The molecule has 0 saturated heterocycles. The van der Waals surface area contributed by atoms with E-state index in [9.17, 15) is 13.2 Å². The van der Waals surface area contributed by atoms with E-state index in [0.717, 1.165) is 7.11 Å². The second-order valence-electron chi connectivity index (χ2n) is 3.20. The maximum absolute atomic E-state index is 12.2. The molecular formula is C10H10F3N3O2. The molecule has 0 fully saturated rings. The minimum atomic E-state index is -4.87. The van der Waals surface area contributed by atoms with E-state index in [2.05, 4.69) is 9.72 Å². The van der Waals surface area contributed by atoms with Crippen LogP contribution in [0.15, 0.2) is 6.07 Å². The van der Waals surface area contributed by atoms with E-state index >= 15 is 0 Å². The van der Waals surface area contributed by atoms with E-state index in [1.807, 2.05) is 6.07 Å². The molecule has 0 bridgehead atoms. The van der Waals surface area contributed by atoms with Gasteiger partial charge in [0.25, 0.3) is 5.88 Å². The number of alkyl halides is 3. The predicted molar refractivity (Wildman–Crippen MR) is 54.7 cm³/mol. The smallest absolute Gasteiger partial charge is 0.478 e. The number of methoxy groups -OCH3 is 1. The highest BCUT2D eigenvalue weighted by Gasteiger charge is 2.34. The zero-order valence-corrected chi connectivity index (χ0v) is 9.41. The molecule has 0 spiro atoms. The molecule has 8 heteroatoms. The van der Waals surface area contributed by atoms with Gasteiger partial charge in [-0.05, 0) is 6.07 Å². The molecule has 5 nitrogen and oxygen atoms in total. The van der Waals surface area contributed by atoms with Crippen molar-refractivity contribution in [1.29, 1.82) is 5.26 Å². The van der Waals surface area contributed by atoms with Gasteiger partial charge in [0.2, 0.25) is 0 Å². The Balaban J connectivity index is 3.26. The number of aromatic nitrogens is 1. The maximum atomic E-state index is 12.2. The number of nitrogens with zero attached hydrogens (tertiary/aromatic N) is 2. The van der Waals surface area contributed by atoms with E-state index in [-0.39, 0.29) is 30.1 Å². The molecule has 1 aromatic rings. The summed E-state index contributed by atoms with van der Waals surface area (Å²) in [6, 6.07) is 3.12. The average molecular weight is 261 g/mol. The lowest BCUT2D eigenvalue weighted by Gasteiger charge is -2.15. The van der Waals surface area contributed by atoms with Crippen molar-refractivity contribution < 1.29 is 22.6 Å². The van der Waals surface area contributed by atoms with Crippen LogP contribution in [-0.2, 0) is 13.0 Å². The van der Waals surface area contributed by atoms with E-state index < -0.39 is 12.1 Å². The number of ether oxygens (including phenoxy) is 2. The molecule has 1 heterocycles. The first-order valence-electron chi connectivity index (χ1n) is 4.80. The molecule has 0 amide bonds. The number of pyridine rings is 1. The van der Waals surface area contributed by atoms with Crippen LogP contribution in [0.3, 0.4) is 0 Å². The topological polar surface area (TPSA) is 81.2 Å². The Labute approximate surface area is 101 Å². The second-order valence-corrected chi connectivity index (χ2v) is 3.20. The van der Waals surface area contributed by atoms with Crippen LogP contribution >= 0.6 is 0 Å². The Hall–Kier alpha value is -2.01. The fraction of sp³-hybridized carbons (Fsp3) is 0.400. The molecular weight excluding hydrogens is 251 g/mol. The van der Waals surface area contributed by atoms with Crippen LogP contribution in [0, 0.1) is 11.3 Å². The minimum Gasteiger partial charge on any atom is -0.478 e. The molecule has 0 aliphatic carbocycles. The van der Waals surface area contributed by atoms with Crippen molar-refractivity contribution in [3.05, 3.63) is 17.3 Å². The molecule has 0 saturated carbocycles. The Morgan fingerprint density at radius 1 is 1.50 bits per heavy atom. The van der Waals surface area contributed by atoms with Crippen molar-refractivity contribution in [2.24, 2.45) is 5.73 Å². The van der Waals surface area contributed by atoms with E-state index in [4.69, 9.17) is 15.7 Å². The number of halogens is 3. The number of nitriles is 1. The van der Waals surface area contributed by atoms with E-state index in [1.165, 1.54) is 6.07 Å². The summed E-state index contributed by atoms with van der Waals surface area (Å²) in [5.41, 5.74) is 5.69. The van der Waals surface area contributed by atoms with Crippen LogP contribution in [0.5, 0.6) is 11.6 Å². The number of hydrogen-bond donors (Lipinski definition) is 1. The van der Waals surface area contributed by atoms with Crippen LogP contribution in [0.25, 0.3) is 0 Å². The van der Waals surface area contributed by atoms with Gasteiger partial charge in [-0.1, -0.05) is 0 Å². The first-order valence-corrected chi connectivity index (χ1v) is 4.80. The molecule has 0 aromatic carbocycles. The van der Waals surface area contributed by atoms with Gasteiger partial charge in [0.15, 0.2) is 5.75 Å². The highest BCUT2D eigenvalue weighted by Crippen LogP contribution is 2.34. The van der Waals surface area contributed by atoms with Crippen molar-refractivity contribution in [1.82, 2.24) is 4.98 Å². The summed E-state index contributed by atoms with van der Waals surface area (Å²) in [5.74, 6) is -0.922. The summed E-state index contributed by atoms with van der Waals surface area (Å²) < 4.78 is 45.2. The summed E-state index contributed by atoms with van der Waals surface area (Å²) in [6.45, 7) is -0.192. The molecule has 1 rings (SSSR count). The predicted octanol–water partition coefficient (Wildman–Crippen LogP) is 1.51. The van der Waals surface area contributed by atoms with Crippen LogP contribution in [0.4, 0.5) is 13.2 Å². The third-order valence-corrected chi connectivity index (χ3v) is 1.96. The lowest BCUT2D eigenvalue weighted by Crippen LogP contribution is -2.20. The van der Waals surface area contributed by atoms with Gasteiger partial charge in [-0.25, -0.2) is 4.98 Å². The average Bonchev–Trinajstić information content (AvgIpc) is 2.29. The summed E-state index contributed by atoms with van der Waals surface area (Å²) >= 11 is 0. The Kier molecular flexibility index (Phi) is 4.33. The van der Waals surface area contributed by atoms with Gasteiger partial charge < -0.3 is 15.2 Å². The van der Waals surface area contributed by atoms with E-state index in [0.29, 0.717) is 0 Å². The molecule has 0 aliphatic heterocycles. The zero-order valence-electron chi connectivity index (χ0n) is 9.41. The van der Waals surface area contributed by atoms with Gasteiger partial charge >= 0.3 is 6.36 Å². The third kappa shape index (κ3) is 3.49. The van der Waals surface area contributed by atoms with Crippen LogP contribution in [-0.4, -0.2) is 18.5 Å². The van der Waals surface area contributed by atoms with E-state index in [1.54, 1.807) is 0 Å². The zero-order chi connectivity index (χ0) is 13.8. The second kappa shape index (κ2) is 5.55. The van der Waals surface area contributed by atoms with Crippen LogP contribution in [0.2, 0.25) is 0 Å². The minimum absolute atomic E-state index is 0.0599. The Bertz CT molecular complexity index is 443. The Morgan fingerprint density at radius 3 is 2.61 bits per heavy atom. The molecule has 0 aliphatic rings. The van der Waals surface area contributed by atoms with Crippen molar-refractivity contribution in [2.75, 3.05) is 7.11 Å². The van der Waals surface area contributed by atoms with Gasteiger partial charge in [-0.15, -0.1) is 13.2 Å². The van der Waals surface area contributed by atoms with Crippen molar-refractivity contribution in [3.63, 3.8) is 0 Å². The fourth-order valence-corrected chi connectivity index (χ4v) is 1.30. The number of hydrogen-bond acceptors (Lipinski definition) is 5. The van der Waals surface area contributed by atoms with Gasteiger partial charge in [-0.2, -0.15) is 5.26 Å². The van der Waals surface area contributed by atoms with Gasteiger partial charge in [0.1, 0.15) is 0 Å². The molecule has 0 unspecified atom stereocenters. The first-order chi connectivity index (χ1) is 8.41. The summed E-state index contributed by atoms with van der Waals surface area (Å²) in [7, 11) is 1.15. The SMILES string of the molecule is COc1nc(CC#N)cc(CN)c1OC(F)(F)F. The Morgan fingerprint density at radius 2 is 2.17 bits per heavy atom. The van der Waals surface area contributed by atoms with Crippen molar-refractivity contribution in [2.45, 2.75) is 19.3 Å². The number of nitrogens with two attached hydrogens (primary N) is 1. The highest BCUT2D eigenvalue weighted by atomic mass is 19.4. The highest BCUT2D eigenvalue weighted by molar-refractivity contribution is 5.44. The summed E-state index contributed by atoms with van der Waals surface area (Å²) in [4.78, 5) is 3.75. The summed E-state index contributed by atoms with van der Waals surface area (Å²) in [5, 5.41) is 8.53. The monoisotopic (exact) mass is 261 g/mol. The van der Waals surface area contributed by atoms with Gasteiger partial charge in [0.05, 0.1) is 25.3 Å². The molecule has 18 heavy (non-hydrogen) atoms. The maximum Gasteiger partial charge on any atom is 0.573 e. The largest absolute Gasteiger partial charge is 0.573 e. The first kappa shape index (κ1) is 14.1. The van der Waals surface area contributed by atoms with Crippen LogP contribution in [0.1, 0.15) is 11.3 Å². The lowest BCUT2D eigenvalue weighted by molar-refractivity contribution is -0.275. The quantitative estimate of drug-likeness (QED) is 0.888. The standard InChI is InChI=1S/C10H10F3N3O2/c1-17-9-8(18-10(11,12)13)6(5-15)4-7(16-9)2-3-14/h4H,2,5,15H2,1H3. The summed E-state index contributed by atoms with van der Waals surface area (Å²) in [6.07, 6.45) is -4.93. The lowest BCUT2D eigenvalue weighted by atomic mass is 10.2. The molecule has 2 N–H and O–H groups in total. The fourth-order valence-electron chi connectivity index (χ4n) is 1.30. The van der Waals surface area contributed by atoms with Crippen LogP contribution < -0.4 is 15.2 Å². The molecule has 0 radical (unpaired) electrons. The molecule has 0 atom stereocenters. The molecule has 98 valence electrons. The normalized spacial score (nSPS) is 10.9. The molecule has 1 aromatic heterocycles. The van der Waals surface area contributed by atoms with Gasteiger partial charge in [-0.3, -0.25) is 0 Å². The third-order valence-electron chi connectivity index (χ3n) is 1.96.